The number of pyridine rings is 1. The second-order valence-corrected chi connectivity index (χ2v) is 6.61. The van der Waals surface area contributed by atoms with Crippen LogP contribution in [0.15, 0.2) is 48.5 Å². The van der Waals surface area contributed by atoms with E-state index in [1.165, 1.54) is 0 Å². The van der Waals surface area contributed by atoms with E-state index in [0.717, 1.165) is 31.6 Å². The number of aromatic nitrogens is 1. The number of piperidine rings is 1. The van der Waals surface area contributed by atoms with Crippen LogP contribution >= 0.6 is 0 Å². The molecule has 1 unspecified atom stereocenters. The summed E-state index contributed by atoms with van der Waals surface area (Å²) in [5, 5.41) is 0. The molecule has 2 amide bonds. The Balaban J connectivity index is 1.79. The van der Waals surface area contributed by atoms with E-state index in [1.54, 1.807) is 30.1 Å². The molecule has 3 rings (SSSR count). The minimum Gasteiger partial charge on any atom is -0.337 e. The van der Waals surface area contributed by atoms with Crippen LogP contribution in [0.5, 0.6) is 0 Å². The van der Waals surface area contributed by atoms with Gasteiger partial charge in [0.25, 0.3) is 11.8 Å². The van der Waals surface area contributed by atoms with Crippen LogP contribution in [-0.4, -0.2) is 41.8 Å². The fourth-order valence-electron chi connectivity index (χ4n) is 3.15. The minimum atomic E-state index is -0.229. The summed E-state index contributed by atoms with van der Waals surface area (Å²) < 4.78 is 0. The lowest BCUT2D eigenvalue weighted by Crippen LogP contribution is -2.39. The molecule has 1 aliphatic rings. The number of likely N-dealkylation sites (tertiary alicyclic amines) is 1. The third kappa shape index (κ3) is 3.87. The average Bonchev–Trinajstić information content (AvgIpc) is 2.67. The van der Waals surface area contributed by atoms with E-state index >= 15 is 0 Å². The van der Waals surface area contributed by atoms with Gasteiger partial charge in [-0.1, -0.05) is 31.2 Å². The van der Waals surface area contributed by atoms with Crippen LogP contribution in [0.3, 0.4) is 0 Å². The van der Waals surface area contributed by atoms with Crippen LogP contribution in [0.4, 0.5) is 5.69 Å². The molecule has 0 bridgehead atoms. The van der Waals surface area contributed by atoms with Gasteiger partial charge in [0.15, 0.2) is 0 Å². The van der Waals surface area contributed by atoms with Gasteiger partial charge in [-0.2, -0.15) is 0 Å². The topological polar surface area (TPSA) is 53.5 Å². The van der Waals surface area contributed by atoms with Crippen molar-refractivity contribution >= 4 is 17.5 Å². The molecule has 5 nitrogen and oxygen atoms in total. The summed E-state index contributed by atoms with van der Waals surface area (Å²) in [7, 11) is 1.71. The molecule has 0 N–H and O–H groups in total. The van der Waals surface area contributed by atoms with Crippen LogP contribution in [-0.2, 0) is 0 Å². The highest BCUT2D eigenvalue weighted by Crippen LogP contribution is 2.18. The normalized spacial score (nSPS) is 17.2. The van der Waals surface area contributed by atoms with Crippen molar-refractivity contribution in [3.05, 3.63) is 59.9 Å². The number of carbonyl (C=O) groups is 2. The summed E-state index contributed by atoms with van der Waals surface area (Å²) >= 11 is 0. The number of hydrogen-bond donors (Lipinski definition) is 0. The number of hydrogen-bond acceptors (Lipinski definition) is 3. The second kappa shape index (κ2) is 7.47. The molecule has 1 aromatic carbocycles. The number of nitrogens with zero attached hydrogens (tertiary/aromatic N) is 3. The monoisotopic (exact) mass is 337 g/mol. The number of anilines is 1. The van der Waals surface area contributed by atoms with E-state index in [9.17, 15) is 9.59 Å². The first-order valence-electron chi connectivity index (χ1n) is 8.65. The Morgan fingerprint density at radius 3 is 2.52 bits per heavy atom. The molecule has 1 aromatic heterocycles. The lowest BCUT2D eigenvalue weighted by Gasteiger charge is -2.30. The van der Waals surface area contributed by atoms with Crippen molar-refractivity contribution in [3.63, 3.8) is 0 Å². The van der Waals surface area contributed by atoms with Gasteiger partial charge in [-0.15, -0.1) is 0 Å². The summed E-state index contributed by atoms with van der Waals surface area (Å²) in [5.41, 5.74) is 1.40. The maximum absolute atomic E-state index is 12.7. The van der Waals surface area contributed by atoms with Crippen molar-refractivity contribution in [1.29, 1.82) is 0 Å². The Labute approximate surface area is 148 Å². The lowest BCUT2D eigenvalue weighted by atomic mass is 10.00. The van der Waals surface area contributed by atoms with E-state index in [4.69, 9.17) is 0 Å². The Hall–Kier alpha value is -2.69. The summed E-state index contributed by atoms with van der Waals surface area (Å²) in [5.74, 6) is 0.183. The smallest absolute Gasteiger partial charge is 0.276 e. The summed E-state index contributed by atoms with van der Waals surface area (Å²) in [6.45, 7) is 3.66. The minimum absolute atomic E-state index is 0.0939. The van der Waals surface area contributed by atoms with Crippen LogP contribution in [0.1, 0.15) is 40.7 Å². The molecule has 0 spiro atoms. The third-order valence-electron chi connectivity index (χ3n) is 4.58. The summed E-state index contributed by atoms with van der Waals surface area (Å²) in [6, 6.07) is 14.4. The number of carbonyl (C=O) groups excluding carboxylic acids is 2. The average molecular weight is 337 g/mol. The number of amides is 2. The zero-order chi connectivity index (χ0) is 17.8. The van der Waals surface area contributed by atoms with Gasteiger partial charge in [0.05, 0.1) is 0 Å². The first-order chi connectivity index (χ1) is 12.1. The molecule has 0 radical (unpaired) electrons. The number of benzene rings is 1. The Kier molecular flexibility index (Phi) is 5.12. The number of rotatable bonds is 3. The quantitative estimate of drug-likeness (QED) is 0.864. The predicted octanol–water partition coefficient (Wildman–Crippen LogP) is 3.23. The van der Waals surface area contributed by atoms with Crippen LogP contribution < -0.4 is 4.90 Å². The van der Waals surface area contributed by atoms with Gasteiger partial charge in [0.2, 0.25) is 0 Å². The van der Waals surface area contributed by atoms with Gasteiger partial charge < -0.3 is 9.80 Å². The summed E-state index contributed by atoms with van der Waals surface area (Å²) in [6.07, 6.45) is 2.17. The van der Waals surface area contributed by atoms with Gasteiger partial charge in [0, 0.05) is 25.8 Å². The van der Waals surface area contributed by atoms with Crippen molar-refractivity contribution in [3.8, 4) is 0 Å². The molecule has 1 saturated heterocycles. The molecule has 1 fully saturated rings. The molecule has 0 saturated carbocycles. The third-order valence-corrected chi connectivity index (χ3v) is 4.58. The molecular formula is C20H23N3O2. The molecule has 0 aliphatic carbocycles. The first-order valence-corrected chi connectivity index (χ1v) is 8.65. The molecule has 130 valence electrons. The van der Waals surface area contributed by atoms with Crippen molar-refractivity contribution < 1.29 is 9.59 Å². The summed E-state index contributed by atoms with van der Waals surface area (Å²) in [4.78, 5) is 33.1. The van der Waals surface area contributed by atoms with Gasteiger partial charge >= 0.3 is 0 Å². The molecular weight excluding hydrogens is 314 g/mol. The van der Waals surface area contributed by atoms with E-state index in [2.05, 4.69) is 11.9 Å². The standard InChI is InChI=1S/C20H23N3O2/c1-15-8-7-13-23(14-15)20(25)18-12-6-11-17(21-18)19(24)22(2)16-9-4-3-5-10-16/h3-6,9-12,15H,7-8,13-14H2,1-2H3. The largest absolute Gasteiger partial charge is 0.337 e. The van der Waals surface area contributed by atoms with Gasteiger partial charge in [-0.25, -0.2) is 4.98 Å². The SMILES string of the molecule is CC1CCCN(C(=O)c2cccc(C(=O)N(C)c3ccccc3)n2)C1. The van der Waals surface area contributed by atoms with Crippen molar-refractivity contribution in [2.45, 2.75) is 19.8 Å². The predicted molar refractivity (Wildman–Crippen MR) is 97.7 cm³/mol. The first kappa shape index (κ1) is 17.1. The van der Waals surface area contributed by atoms with E-state index in [-0.39, 0.29) is 17.5 Å². The maximum atomic E-state index is 12.7. The van der Waals surface area contributed by atoms with Crippen LogP contribution in [0, 0.1) is 5.92 Å². The highest BCUT2D eigenvalue weighted by atomic mass is 16.2. The van der Waals surface area contributed by atoms with E-state index < -0.39 is 0 Å². The van der Waals surface area contributed by atoms with Crippen molar-refractivity contribution in [2.24, 2.45) is 5.92 Å². The maximum Gasteiger partial charge on any atom is 0.276 e. The zero-order valence-corrected chi connectivity index (χ0v) is 14.7. The molecule has 2 aromatic rings. The highest BCUT2D eigenvalue weighted by Gasteiger charge is 2.24. The van der Waals surface area contributed by atoms with Crippen LogP contribution in [0.25, 0.3) is 0 Å². The number of para-hydroxylation sites is 1. The molecule has 25 heavy (non-hydrogen) atoms. The highest BCUT2D eigenvalue weighted by molar-refractivity contribution is 6.05. The lowest BCUT2D eigenvalue weighted by molar-refractivity contribution is 0.0677. The van der Waals surface area contributed by atoms with Gasteiger partial charge in [-0.3, -0.25) is 9.59 Å². The van der Waals surface area contributed by atoms with E-state index in [0.29, 0.717) is 11.6 Å². The van der Waals surface area contributed by atoms with Crippen LogP contribution in [0.2, 0.25) is 0 Å². The molecule has 2 heterocycles. The fourth-order valence-corrected chi connectivity index (χ4v) is 3.15. The molecule has 5 heteroatoms. The zero-order valence-electron chi connectivity index (χ0n) is 14.7. The van der Waals surface area contributed by atoms with Gasteiger partial charge in [0.1, 0.15) is 11.4 Å². The Morgan fingerprint density at radius 2 is 1.80 bits per heavy atom. The second-order valence-electron chi connectivity index (χ2n) is 6.61. The van der Waals surface area contributed by atoms with Gasteiger partial charge in [-0.05, 0) is 43.0 Å². The fraction of sp³-hybridized carbons (Fsp3) is 0.350. The van der Waals surface area contributed by atoms with Crippen molar-refractivity contribution in [1.82, 2.24) is 9.88 Å². The Bertz CT molecular complexity index is 761. The molecule has 1 atom stereocenters. The van der Waals surface area contributed by atoms with E-state index in [1.807, 2.05) is 35.2 Å². The molecule has 1 aliphatic heterocycles. The Morgan fingerprint density at radius 1 is 1.08 bits per heavy atom. The van der Waals surface area contributed by atoms with Crippen molar-refractivity contribution in [2.75, 3.05) is 25.0 Å².